The normalized spacial score (nSPS) is 10.8. The summed E-state index contributed by atoms with van der Waals surface area (Å²) >= 11 is 1.52. The molecule has 0 saturated carbocycles. The lowest BCUT2D eigenvalue weighted by molar-refractivity contribution is 0.104. The van der Waals surface area contributed by atoms with E-state index in [1.807, 2.05) is 29.0 Å². The van der Waals surface area contributed by atoms with E-state index in [-0.39, 0.29) is 5.78 Å². The topological polar surface area (TPSA) is 45.8 Å². The number of thiophene rings is 1. The van der Waals surface area contributed by atoms with Gasteiger partial charge in [-0.2, -0.15) is 11.3 Å². The molecule has 3 aromatic heterocycles. The second-order valence-corrected chi connectivity index (χ2v) is 4.22. The fraction of sp³-hybridized carbons (Fsp3) is 0. The van der Waals surface area contributed by atoms with Gasteiger partial charge >= 0.3 is 0 Å². The molecule has 0 aliphatic heterocycles. The van der Waals surface area contributed by atoms with Crippen LogP contribution in [-0.2, 0) is 0 Å². The number of nitrogens with one attached hydrogen (secondary N) is 1. The van der Waals surface area contributed by atoms with Crippen LogP contribution in [0.1, 0.15) is 15.9 Å². The molecule has 3 rings (SSSR count). The zero-order valence-electron chi connectivity index (χ0n) is 8.31. The van der Waals surface area contributed by atoms with Crippen molar-refractivity contribution in [2.45, 2.75) is 0 Å². The predicted molar refractivity (Wildman–Crippen MR) is 63.8 cm³/mol. The van der Waals surface area contributed by atoms with Crippen molar-refractivity contribution in [1.29, 1.82) is 0 Å². The van der Waals surface area contributed by atoms with Crippen molar-refractivity contribution >= 4 is 28.2 Å². The summed E-state index contributed by atoms with van der Waals surface area (Å²) in [6.07, 6.45) is 3.43. The fourth-order valence-corrected chi connectivity index (χ4v) is 2.33. The molecule has 0 saturated heterocycles. The number of H-pyrrole nitrogens is 1. The maximum atomic E-state index is 12.1. The van der Waals surface area contributed by atoms with Crippen molar-refractivity contribution in [1.82, 2.24) is 9.97 Å². The molecule has 0 atom stereocenters. The molecular formula is C12H8N2OS. The minimum Gasteiger partial charge on any atom is -0.345 e. The second kappa shape index (κ2) is 3.57. The summed E-state index contributed by atoms with van der Waals surface area (Å²) < 4.78 is 0. The summed E-state index contributed by atoms with van der Waals surface area (Å²) in [5, 5.41) is 4.64. The van der Waals surface area contributed by atoms with E-state index in [1.54, 1.807) is 12.4 Å². The highest BCUT2D eigenvalue weighted by atomic mass is 32.1. The maximum Gasteiger partial charge on any atom is 0.196 e. The van der Waals surface area contributed by atoms with Gasteiger partial charge in [-0.1, -0.05) is 0 Å². The summed E-state index contributed by atoms with van der Waals surface area (Å²) in [7, 11) is 0. The van der Waals surface area contributed by atoms with Gasteiger partial charge in [0.1, 0.15) is 5.65 Å². The zero-order valence-corrected chi connectivity index (χ0v) is 9.12. The first kappa shape index (κ1) is 9.30. The number of aromatic amines is 1. The number of pyridine rings is 1. The molecule has 16 heavy (non-hydrogen) atoms. The first-order valence-corrected chi connectivity index (χ1v) is 5.79. The van der Waals surface area contributed by atoms with Crippen molar-refractivity contribution in [3.8, 4) is 0 Å². The minimum atomic E-state index is 0.0421. The van der Waals surface area contributed by atoms with E-state index in [0.717, 1.165) is 16.6 Å². The number of carbonyl (C=O) groups excluding carboxylic acids is 1. The Balaban J connectivity index is 2.16. The molecule has 78 valence electrons. The molecule has 3 aromatic rings. The molecule has 0 aliphatic rings. The Morgan fingerprint density at radius 3 is 3.12 bits per heavy atom. The van der Waals surface area contributed by atoms with Gasteiger partial charge in [-0.05, 0) is 23.6 Å². The van der Waals surface area contributed by atoms with E-state index in [9.17, 15) is 4.79 Å². The van der Waals surface area contributed by atoms with Gasteiger partial charge in [-0.25, -0.2) is 4.98 Å². The first-order chi connectivity index (χ1) is 7.86. The smallest absolute Gasteiger partial charge is 0.196 e. The van der Waals surface area contributed by atoms with Gasteiger partial charge in [0.15, 0.2) is 5.78 Å². The highest BCUT2D eigenvalue weighted by Gasteiger charge is 2.14. The fourth-order valence-electron chi connectivity index (χ4n) is 1.69. The monoisotopic (exact) mass is 228 g/mol. The minimum absolute atomic E-state index is 0.0421. The Morgan fingerprint density at radius 2 is 2.31 bits per heavy atom. The maximum absolute atomic E-state index is 12.1. The standard InChI is InChI=1S/C12H8N2OS/c15-11(8-3-5-16-7-8)10-6-14-12-9(10)2-1-4-13-12/h1-7H,(H,13,14). The molecule has 0 aromatic carbocycles. The number of hydrogen-bond donors (Lipinski definition) is 1. The first-order valence-electron chi connectivity index (χ1n) is 4.85. The van der Waals surface area contributed by atoms with Gasteiger partial charge in [0.05, 0.1) is 0 Å². The van der Waals surface area contributed by atoms with Crippen LogP contribution in [0.5, 0.6) is 0 Å². The molecule has 3 nitrogen and oxygen atoms in total. The van der Waals surface area contributed by atoms with E-state index in [1.165, 1.54) is 11.3 Å². The van der Waals surface area contributed by atoms with Crippen LogP contribution in [0.2, 0.25) is 0 Å². The third-order valence-electron chi connectivity index (χ3n) is 2.48. The molecule has 0 unspecified atom stereocenters. The molecule has 1 N–H and O–H groups in total. The van der Waals surface area contributed by atoms with E-state index >= 15 is 0 Å². The van der Waals surface area contributed by atoms with E-state index in [0.29, 0.717) is 5.56 Å². The van der Waals surface area contributed by atoms with Crippen LogP contribution in [0.15, 0.2) is 41.4 Å². The molecule has 0 fully saturated rings. The average Bonchev–Trinajstić information content (AvgIpc) is 2.98. The molecule has 0 aliphatic carbocycles. The average molecular weight is 228 g/mol. The van der Waals surface area contributed by atoms with E-state index in [2.05, 4.69) is 9.97 Å². The Hall–Kier alpha value is -1.94. The zero-order chi connectivity index (χ0) is 11.0. The van der Waals surface area contributed by atoms with Crippen LogP contribution in [0, 0.1) is 0 Å². The van der Waals surface area contributed by atoms with Crippen LogP contribution >= 0.6 is 11.3 Å². The molecule has 0 radical (unpaired) electrons. The Kier molecular flexibility index (Phi) is 2.08. The number of aromatic nitrogens is 2. The van der Waals surface area contributed by atoms with Crippen molar-refractivity contribution in [2.24, 2.45) is 0 Å². The number of hydrogen-bond acceptors (Lipinski definition) is 3. The third kappa shape index (κ3) is 1.35. The van der Waals surface area contributed by atoms with Gasteiger partial charge in [-0.15, -0.1) is 0 Å². The molecule has 4 heteroatoms. The quantitative estimate of drug-likeness (QED) is 0.685. The highest BCUT2D eigenvalue weighted by Crippen LogP contribution is 2.20. The van der Waals surface area contributed by atoms with Gasteiger partial charge in [0.2, 0.25) is 0 Å². The van der Waals surface area contributed by atoms with Crippen LogP contribution in [0.25, 0.3) is 11.0 Å². The lowest BCUT2D eigenvalue weighted by Gasteiger charge is -1.95. The Bertz CT molecular complexity index is 640. The van der Waals surface area contributed by atoms with Crippen LogP contribution in [0.3, 0.4) is 0 Å². The number of carbonyl (C=O) groups is 1. The number of rotatable bonds is 2. The molecule has 0 bridgehead atoms. The highest BCUT2D eigenvalue weighted by molar-refractivity contribution is 7.08. The number of ketones is 1. The molecule has 0 spiro atoms. The van der Waals surface area contributed by atoms with Crippen LogP contribution in [-0.4, -0.2) is 15.8 Å². The Labute approximate surface area is 95.8 Å². The largest absolute Gasteiger partial charge is 0.345 e. The lowest BCUT2D eigenvalue weighted by Crippen LogP contribution is -1.97. The number of fused-ring (bicyclic) bond motifs is 1. The van der Waals surface area contributed by atoms with Gasteiger partial charge in [-0.3, -0.25) is 4.79 Å². The third-order valence-corrected chi connectivity index (χ3v) is 3.16. The summed E-state index contributed by atoms with van der Waals surface area (Å²) in [5.41, 5.74) is 2.16. The number of nitrogens with zero attached hydrogens (tertiary/aromatic N) is 1. The van der Waals surface area contributed by atoms with Crippen molar-refractivity contribution < 1.29 is 4.79 Å². The van der Waals surface area contributed by atoms with Crippen molar-refractivity contribution in [3.05, 3.63) is 52.5 Å². The molecular weight excluding hydrogens is 220 g/mol. The van der Waals surface area contributed by atoms with Gasteiger partial charge in [0.25, 0.3) is 0 Å². The van der Waals surface area contributed by atoms with Gasteiger partial charge < -0.3 is 4.98 Å². The summed E-state index contributed by atoms with van der Waals surface area (Å²) in [4.78, 5) is 19.3. The van der Waals surface area contributed by atoms with Crippen LogP contribution < -0.4 is 0 Å². The summed E-state index contributed by atoms with van der Waals surface area (Å²) in [5.74, 6) is 0.0421. The predicted octanol–water partition coefficient (Wildman–Crippen LogP) is 2.86. The van der Waals surface area contributed by atoms with E-state index in [4.69, 9.17) is 0 Å². The molecule has 0 amide bonds. The summed E-state index contributed by atoms with van der Waals surface area (Å²) in [6, 6.07) is 5.57. The van der Waals surface area contributed by atoms with E-state index < -0.39 is 0 Å². The van der Waals surface area contributed by atoms with Crippen molar-refractivity contribution in [3.63, 3.8) is 0 Å². The Morgan fingerprint density at radius 1 is 1.38 bits per heavy atom. The SMILES string of the molecule is O=C(c1ccsc1)c1c[nH]c2ncccc12. The van der Waals surface area contributed by atoms with Gasteiger partial charge in [0, 0.05) is 34.3 Å². The second-order valence-electron chi connectivity index (χ2n) is 3.44. The van der Waals surface area contributed by atoms with Crippen LogP contribution in [0.4, 0.5) is 0 Å². The summed E-state index contributed by atoms with van der Waals surface area (Å²) in [6.45, 7) is 0. The lowest BCUT2D eigenvalue weighted by atomic mass is 10.1. The van der Waals surface area contributed by atoms with Crippen molar-refractivity contribution in [2.75, 3.05) is 0 Å². The molecule has 3 heterocycles.